The Morgan fingerprint density at radius 3 is 3.00 bits per heavy atom. The van der Waals surface area contributed by atoms with E-state index in [1.165, 1.54) is 5.56 Å². The van der Waals surface area contributed by atoms with Crippen LogP contribution in [0.1, 0.15) is 5.56 Å². The Labute approximate surface area is 81.6 Å². The molecule has 0 unspecified atom stereocenters. The van der Waals surface area contributed by atoms with Gasteiger partial charge in [-0.3, -0.25) is 5.01 Å². The molecule has 0 spiro atoms. The lowest BCUT2D eigenvalue weighted by atomic mass is 10.4. The van der Waals surface area contributed by atoms with Crippen LogP contribution in [0.25, 0.3) is 0 Å². The maximum Gasteiger partial charge on any atom is 0.0659 e. The molecule has 4 heteroatoms. The maximum absolute atomic E-state index is 5.22. The first-order chi connectivity index (χ1) is 6.45. The predicted molar refractivity (Wildman–Crippen MR) is 54.3 cm³/mol. The number of hydrogen-bond acceptors (Lipinski definition) is 4. The summed E-state index contributed by atoms with van der Waals surface area (Å²) in [6.07, 6.45) is 1.90. The van der Waals surface area contributed by atoms with Crippen LogP contribution in [0, 0.1) is 0 Å². The van der Waals surface area contributed by atoms with Crippen molar-refractivity contribution in [3.63, 3.8) is 0 Å². The molecule has 2 heterocycles. The summed E-state index contributed by atoms with van der Waals surface area (Å²) in [5.41, 5.74) is 1.18. The van der Waals surface area contributed by atoms with Gasteiger partial charge in [0.25, 0.3) is 0 Å². The molecule has 1 aliphatic heterocycles. The maximum atomic E-state index is 5.22. The van der Waals surface area contributed by atoms with Gasteiger partial charge >= 0.3 is 0 Å². The van der Waals surface area contributed by atoms with E-state index in [4.69, 9.17) is 4.74 Å². The summed E-state index contributed by atoms with van der Waals surface area (Å²) in [5, 5.41) is 10.5. The molecule has 70 valence electrons. The van der Waals surface area contributed by atoms with E-state index in [1.807, 2.05) is 11.2 Å². The lowest BCUT2D eigenvalue weighted by Crippen LogP contribution is -2.32. The third-order valence-electron chi connectivity index (χ3n) is 1.90. The van der Waals surface area contributed by atoms with Gasteiger partial charge in [-0.2, -0.15) is 16.4 Å². The second kappa shape index (κ2) is 4.39. The molecule has 0 aromatic carbocycles. The van der Waals surface area contributed by atoms with E-state index in [-0.39, 0.29) is 0 Å². The Bertz CT molecular complexity index is 265. The smallest absolute Gasteiger partial charge is 0.0659 e. The largest absolute Gasteiger partial charge is 0.378 e. The van der Waals surface area contributed by atoms with Crippen LogP contribution in [-0.4, -0.2) is 37.5 Å². The average Bonchev–Trinajstić information content (AvgIpc) is 2.69. The van der Waals surface area contributed by atoms with Crippen LogP contribution in [0.4, 0.5) is 0 Å². The molecule has 2 rings (SSSR count). The van der Waals surface area contributed by atoms with Crippen LogP contribution in [0.15, 0.2) is 21.9 Å². The molecule has 1 fully saturated rings. The zero-order valence-corrected chi connectivity index (χ0v) is 8.17. The van der Waals surface area contributed by atoms with Crippen molar-refractivity contribution in [1.29, 1.82) is 0 Å². The summed E-state index contributed by atoms with van der Waals surface area (Å²) in [6, 6.07) is 2.06. The number of morpholine rings is 1. The number of hydrogen-bond donors (Lipinski definition) is 0. The predicted octanol–water partition coefficient (Wildman–Crippen LogP) is 1.41. The first-order valence-corrected chi connectivity index (χ1v) is 5.28. The summed E-state index contributed by atoms with van der Waals surface area (Å²) in [7, 11) is 0. The van der Waals surface area contributed by atoms with Crippen molar-refractivity contribution in [3.8, 4) is 0 Å². The van der Waals surface area contributed by atoms with Gasteiger partial charge in [0.2, 0.25) is 0 Å². The molecule has 0 atom stereocenters. The van der Waals surface area contributed by atoms with Gasteiger partial charge in [0, 0.05) is 5.56 Å². The molecular formula is C9H12N2OS. The normalized spacial score (nSPS) is 18.3. The quantitative estimate of drug-likeness (QED) is 0.668. The Kier molecular flexibility index (Phi) is 2.94. The third-order valence-corrected chi connectivity index (χ3v) is 2.60. The molecule has 13 heavy (non-hydrogen) atoms. The highest BCUT2D eigenvalue weighted by Gasteiger charge is 2.05. The number of hydrazone groups is 1. The molecule has 0 amide bonds. The minimum absolute atomic E-state index is 0.793. The summed E-state index contributed by atoms with van der Waals surface area (Å²) in [6.45, 7) is 3.39. The second-order valence-electron chi connectivity index (χ2n) is 2.87. The average molecular weight is 196 g/mol. The summed E-state index contributed by atoms with van der Waals surface area (Å²) in [5.74, 6) is 0. The zero-order valence-electron chi connectivity index (χ0n) is 7.35. The summed E-state index contributed by atoms with van der Waals surface area (Å²) < 4.78 is 5.22. The van der Waals surface area contributed by atoms with E-state index < -0.39 is 0 Å². The summed E-state index contributed by atoms with van der Waals surface area (Å²) >= 11 is 1.69. The van der Waals surface area contributed by atoms with Crippen molar-refractivity contribution in [1.82, 2.24) is 5.01 Å². The van der Waals surface area contributed by atoms with Crippen molar-refractivity contribution in [2.24, 2.45) is 5.10 Å². The lowest BCUT2D eigenvalue weighted by Gasteiger charge is -2.23. The van der Waals surface area contributed by atoms with Crippen LogP contribution in [0.5, 0.6) is 0 Å². The van der Waals surface area contributed by atoms with E-state index in [1.54, 1.807) is 11.3 Å². The highest BCUT2D eigenvalue weighted by molar-refractivity contribution is 7.08. The van der Waals surface area contributed by atoms with E-state index >= 15 is 0 Å². The highest BCUT2D eigenvalue weighted by atomic mass is 32.1. The first kappa shape index (κ1) is 8.72. The van der Waals surface area contributed by atoms with Crippen LogP contribution >= 0.6 is 11.3 Å². The summed E-state index contributed by atoms with van der Waals surface area (Å²) in [4.78, 5) is 0. The molecule has 0 N–H and O–H groups in total. The lowest BCUT2D eigenvalue weighted by molar-refractivity contribution is 0.0397. The highest BCUT2D eigenvalue weighted by Crippen LogP contribution is 2.03. The zero-order chi connectivity index (χ0) is 8.93. The van der Waals surface area contributed by atoms with Crippen LogP contribution in [0.3, 0.4) is 0 Å². The monoisotopic (exact) mass is 196 g/mol. The number of ether oxygens (including phenoxy) is 1. The minimum Gasteiger partial charge on any atom is -0.378 e. The van der Waals surface area contributed by atoms with Gasteiger partial charge < -0.3 is 4.74 Å². The van der Waals surface area contributed by atoms with Gasteiger partial charge in [0.05, 0.1) is 32.5 Å². The van der Waals surface area contributed by atoms with Gasteiger partial charge in [-0.25, -0.2) is 0 Å². The molecule has 3 nitrogen and oxygen atoms in total. The minimum atomic E-state index is 0.793. The van der Waals surface area contributed by atoms with Crippen LogP contribution < -0.4 is 0 Å². The van der Waals surface area contributed by atoms with E-state index in [2.05, 4.69) is 21.9 Å². The second-order valence-corrected chi connectivity index (χ2v) is 3.65. The van der Waals surface area contributed by atoms with Gasteiger partial charge in [-0.15, -0.1) is 0 Å². The standard InChI is InChI=1S/C9H12N2OS/c1-6-13-8-9(1)7-10-11-2-4-12-5-3-11/h1,6-8H,2-5H2/b10-7+. The molecule has 0 saturated carbocycles. The number of nitrogens with zero attached hydrogens (tertiary/aromatic N) is 2. The Hall–Kier alpha value is -0.870. The van der Waals surface area contributed by atoms with Gasteiger partial charge in [0.1, 0.15) is 0 Å². The van der Waals surface area contributed by atoms with Crippen molar-refractivity contribution >= 4 is 17.6 Å². The Morgan fingerprint density at radius 1 is 1.46 bits per heavy atom. The van der Waals surface area contributed by atoms with Gasteiger partial charge in [0.15, 0.2) is 0 Å². The van der Waals surface area contributed by atoms with Crippen molar-refractivity contribution in [2.45, 2.75) is 0 Å². The van der Waals surface area contributed by atoms with Gasteiger partial charge in [-0.05, 0) is 16.8 Å². The van der Waals surface area contributed by atoms with Gasteiger partial charge in [-0.1, -0.05) is 0 Å². The fraction of sp³-hybridized carbons (Fsp3) is 0.444. The fourth-order valence-corrected chi connectivity index (χ4v) is 1.78. The Morgan fingerprint density at radius 2 is 2.31 bits per heavy atom. The topological polar surface area (TPSA) is 24.8 Å². The van der Waals surface area contributed by atoms with Crippen LogP contribution in [-0.2, 0) is 4.74 Å². The molecule has 1 aromatic rings. The molecule has 1 aliphatic rings. The molecule has 0 bridgehead atoms. The van der Waals surface area contributed by atoms with Crippen molar-refractivity contribution < 1.29 is 4.74 Å². The van der Waals surface area contributed by atoms with Crippen molar-refractivity contribution in [3.05, 3.63) is 22.4 Å². The van der Waals surface area contributed by atoms with Crippen molar-refractivity contribution in [2.75, 3.05) is 26.3 Å². The van der Waals surface area contributed by atoms with Crippen LogP contribution in [0.2, 0.25) is 0 Å². The molecular weight excluding hydrogens is 184 g/mol. The third kappa shape index (κ3) is 2.54. The SMILES string of the molecule is C(=N\N1CCOCC1)/c1ccsc1. The molecule has 1 aromatic heterocycles. The van der Waals surface area contributed by atoms with E-state index in [9.17, 15) is 0 Å². The fourth-order valence-electron chi connectivity index (χ4n) is 1.17. The number of thiophene rings is 1. The van der Waals surface area contributed by atoms with E-state index in [0.717, 1.165) is 26.3 Å². The Balaban J connectivity index is 1.89. The molecule has 1 saturated heterocycles. The number of rotatable bonds is 2. The molecule has 0 aliphatic carbocycles. The first-order valence-electron chi connectivity index (χ1n) is 4.34. The van der Waals surface area contributed by atoms with E-state index in [0.29, 0.717) is 0 Å². The molecule has 0 radical (unpaired) electrons.